The average molecular weight is 386 g/mol. The number of aromatic nitrogens is 2. The van der Waals surface area contributed by atoms with E-state index < -0.39 is 0 Å². The molecule has 0 saturated carbocycles. The lowest BCUT2D eigenvalue weighted by Crippen LogP contribution is -2.39. The van der Waals surface area contributed by atoms with Gasteiger partial charge in [0.05, 0.1) is 18.3 Å². The number of nitrogens with one attached hydrogen (secondary N) is 3. The number of hydrogen-bond donors (Lipinski definition) is 3. The monoisotopic (exact) mass is 386 g/mol. The van der Waals surface area contributed by atoms with Crippen LogP contribution in [-0.2, 0) is 4.79 Å². The Labute approximate surface area is 164 Å². The first kappa shape index (κ1) is 19.0. The quantitative estimate of drug-likeness (QED) is 0.734. The van der Waals surface area contributed by atoms with Crippen LogP contribution in [0.25, 0.3) is 0 Å². The first-order valence-electron chi connectivity index (χ1n) is 9.87. The Hall–Kier alpha value is -2.29. The van der Waals surface area contributed by atoms with Crippen molar-refractivity contribution in [1.82, 2.24) is 25.5 Å². The molecule has 8 heteroatoms. The minimum atomic E-state index is -0.194. The maximum absolute atomic E-state index is 13.6. The van der Waals surface area contributed by atoms with E-state index in [0.717, 1.165) is 50.4 Å². The molecule has 2 atom stereocenters. The second-order valence-electron chi connectivity index (χ2n) is 7.69. The van der Waals surface area contributed by atoms with Gasteiger partial charge in [0.25, 0.3) is 0 Å². The summed E-state index contributed by atoms with van der Waals surface area (Å²) in [7, 11) is 0. The van der Waals surface area contributed by atoms with Gasteiger partial charge in [-0.2, -0.15) is 5.10 Å². The van der Waals surface area contributed by atoms with Crippen LogP contribution in [0.3, 0.4) is 0 Å². The summed E-state index contributed by atoms with van der Waals surface area (Å²) in [5.41, 5.74) is 7.52. The second-order valence-corrected chi connectivity index (χ2v) is 7.69. The van der Waals surface area contributed by atoms with Crippen molar-refractivity contribution in [2.45, 2.75) is 31.8 Å². The number of likely N-dealkylation sites (tertiary alicyclic amines) is 1. The smallest absolute Gasteiger partial charge is 0.222 e. The Kier molecular flexibility index (Phi) is 5.70. The molecule has 7 nitrogen and oxygen atoms in total. The van der Waals surface area contributed by atoms with Crippen LogP contribution < -0.4 is 16.2 Å². The fourth-order valence-electron chi connectivity index (χ4n) is 4.32. The van der Waals surface area contributed by atoms with Crippen LogP contribution in [0.1, 0.15) is 37.4 Å². The Bertz CT molecular complexity index is 817. The molecule has 2 aromatic rings. The van der Waals surface area contributed by atoms with Crippen LogP contribution in [0.4, 0.5) is 10.2 Å². The molecule has 3 N–H and O–H groups in total. The van der Waals surface area contributed by atoms with Crippen molar-refractivity contribution in [2.75, 3.05) is 31.5 Å². The summed E-state index contributed by atoms with van der Waals surface area (Å²) in [6.45, 7) is 5.31. The van der Waals surface area contributed by atoms with Crippen LogP contribution >= 0.6 is 0 Å². The molecular weight excluding hydrogens is 359 g/mol. The third-order valence-corrected chi connectivity index (χ3v) is 5.67. The molecule has 0 bridgehead atoms. The highest BCUT2D eigenvalue weighted by Crippen LogP contribution is 2.29. The first-order chi connectivity index (χ1) is 13.6. The van der Waals surface area contributed by atoms with E-state index in [1.165, 1.54) is 13.0 Å². The summed E-state index contributed by atoms with van der Waals surface area (Å²) in [5.74, 6) is 0.878. The molecule has 2 saturated heterocycles. The molecule has 2 unspecified atom stereocenters. The SMILES string of the molecule is CC(=O)Nc1ccnn1C1CCN(CC2CNNC2c2cccc(F)c2)CC1. The molecule has 0 aliphatic carbocycles. The van der Waals surface area contributed by atoms with Gasteiger partial charge in [0.1, 0.15) is 11.6 Å². The fourth-order valence-corrected chi connectivity index (χ4v) is 4.32. The minimum Gasteiger partial charge on any atom is -0.311 e. The maximum atomic E-state index is 13.6. The number of rotatable bonds is 5. The molecule has 1 aromatic carbocycles. The zero-order valence-electron chi connectivity index (χ0n) is 16.1. The topological polar surface area (TPSA) is 74.2 Å². The number of carbonyl (C=O) groups is 1. The molecule has 2 aliphatic rings. The number of nitrogens with zero attached hydrogens (tertiary/aromatic N) is 3. The normalized spacial score (nSPS) is 23.8. The summed E-state index contributed by atoms with van der Waals surface area (Å²) in [6, 6.07) is 9.10. The number of hydrazine groups is 1. The van der Waals surface area contributed by atoms with Gasteiger partial charge in [-0.15, -0.1) is 0 Å². The van der Waals surface area contributed by atoms with E-state index in [1.54, 1.807) is 18.3 Å². The van der Waals surface area contributed by atoms with E-state index >= 15 is 0 Å². The predicted molar refractivity (Wildman–Crippen MR) is 105 cm³/mol. The molecule has 1 amide bonds. The van der Waals surface area contributed by atoms with Gasteiger partial charge in [0.2, 0.25) is 5.91 Å². The van der Waals surface area contributed by atoms with Gasteiger partial charge in [0, 0.05) is 45.1 Å². The van der Waals surface area contributed by atoms with E-state index in [0.29, 0.717) is 12.0 Å². The molecule has 4 rings (SSSR count). The van der Waals surface area contributed by atoms with Crippen LogP contribution in [0.5, 0.6) is 0 Å². The molecule has 0 spiro atoms. The first-order valence-corrected chi connectivity index (χ1v) is 9.87. The van der Waals surface area contributed by atoms with Gasteiger partial charge in [0.15, 0.2) is 0 Å². The predicted octanol–water partition coefficient (Wildman–Crippen LogP) is 2.08. The Balaban J connectivity index is 1.34. The number of amides is 1. The number of anilines is 1. The van der Waals surface area contributed by atoms with Crippen LogP contribution in [-0.4, -0.2) is 46.8 Å². The number of hydrogen-bond acceptors (Lipinski definition) is 5. The van der Waals surface area contributed by atoms with Crippen molar-refractivity contribution in [2.24, 2.45) is 5.92 Å². The summed E-state index contributed by atoms with van der Waals surface area (Å²) in [4.78, 5) is 13.8. The van der Waals surface area contributed by atoms with E-state index in [9.17, 15) is 9.18 Å². The third-order valence-electron chi connectivity index (χ3n) is 5.67. The van der Waals surface area contributed by atoms with Gasteiger partial charge in [-0.05, 0) is 30.5 Å². The van der Waals surface area contributed by atoms with Gasteiger partial charge in [-0.1, -0.05) is 12.1 Å². The van der Waals surface area contributed by atoms with Crippen molar-refractivity contribution in [3.63, 3.8) is 0 Å². The zero-order valence-corrected chi connectivity index (χ0v) is 16.1. The molecule has 2 fully saturated rings. The van der Waals surface area contributed by atoms with Gasteiger partial charge < -0.3 is 10.2 Å². The van der Waals surface area contributed by atoms with Crippen molar-refractivity contribution in [3.05, 3.63) is 47.9 Å². The Morgan fingerprint density at radius 1 is 1.32 bits per heavy atom. The van der Waals surface area contributed by atoms with Crippen molar-refractivity contribution in [3.8, 4) is 0 Å². The van der Waals surface area contributed by atoms with E-state index in [4.69, 9.17) is 0 Å². The molecule has 2 aliphatic heterocycles. The lowest BCUT2D eigenvalue weighted by atomic mass is 9.93. The lowest BCUT2D eigenvalue weighted by molar-refractivity contribution is -0.114. The molecule has 28 heavy (non-hydrogen) atoms. The Morgan fingerprint density at radius 3 is 2.89 bits per heavy atom. The summed E-state index contributed by atoms with van der Waals surface area (Å²) in [5, 5.41) is 7.26. The third kappa shape index (κ3) is 4.24. The lowest BCUT2D eigenvalue weighted by Gasteiger charge is -2.35. The van der Waals surface area contributed by atoms with Crippen molar-refractivity contribution >= 4 is 11.7 Å². The molecule has 0 radical (unpaired) electrons. The second kappa shape index (κ2) is 8.38. The largest absolute Gasteiger partial charge is 0.311 e. The highest BCUT2D eigenvalue weighted by molar-refractivity contribution is 5.87. The summed E-state index contributed by atoms with van der Waals surface area (Å²) < 4.78 is 15.5. The van der Waals surface area contributed by atoms with Crippen LogP contribution in [0.2, 0.25) is 0 Å². The van der Waals surface area contributed by atoms with Crippen LogP contribution in [0.15, 0.2) is 36.5 Å². The van der Waals surface area contributed by atoms with Gasteiger partial charge in [-0.25, -0.2) is 14.5 Å². The fraction of sp³-hybridized carbons (Fsp3) is 0.500. The van der Waals surface area contributed by atoms with Gasteiger partial charge >= 0.3 is 0 Å². The summed E-state index contributed by atoms with van der Waals surface area (Å²) in [6.07, 6.45) is 3.72. The number of benzene rings is 1. The van der Waals surface area contributed by atoms with E-state index in [1.807, 2.05) is 16.8 Å². The van der Waals surface area contributed by atoms with Crippen LogP contribution in [0, 0.1) is 11.7 Å². The summed E-state index contributed by atoms with van der Waals surface area (Å²) >= 11 is 0. The van der Waals surface area contributed by atoms with Crippen molar-refractivity contribution < 1.29 is 9.18 Å². The van der Waals surface area contributed by atoms with E-state index in [-0.39, 0.29) is 17.8 Å². The molecule has 1 aromatic heterocycles. The zero-order chi connectivity index (χ0) is 19.5. The standard InChI is InChI=1S/C20H27FN6O/c1-14(28)24-19-5-8-23-27(19)18-6-9-26(10-7-18)13-16-12-22-25-20(16)15-3-2-4-17(21)11-15/h2-5,8,11,16,18,20,22,25H,6-7,9-10,12-13H2,1H3,(H,24,28). The molecular formula is C20H27FN6O. The van der Waals surface area contributed by atoms with Crippen molar-refractivity contribution in [1.29, 1.82) is 0 Å². The number of piperidine rings is 1. The highest BCUT2D eigenvalue weighted by Gasteiger charge is 2.31. The Morgan fingerprint density at radius 2 is 2.14 bits per heavy atom. The van der Waals surface area contributed by atoms with E-state index in [2.05, 4.69) is 26.2 Å². The maximum Gasteiger partial charge on any atom is 0.222 e. The number of halogens is 1. The minimum absolute atomic E-state index is 0.0798. The van der Waals surface area contributed by atoms with Gasteiger partial charge in [-0.3, -0.25) is 10.2 Å². The number of carbonyl (C=O) groups excluding carboxylic acids is 1. The molecule has 3 heterocycles. The highest BCUT2D eigenvalue weighted by atomic mass is 19.1. The average Bonchev–Trinajstić information content (AvgIpc) is 3.31. The molecule has 150 valence electrons.